The molecule has 1 atom stereocenters. The molecule has 0 radical (unpaired) electrons. The fourth-order valence-corrected chi connectivity index (χ4v) is 5.17. The molecule has 1 fully saturated rings. The van der Waals surface area contributed by atoms with E-state index >= 15 is 0 Å². The first-order chi connectivity index (χ1) is 17.0. The summed E-state index contributed by atoms with van der Waals surface area (Å²) in [5, 5.41) is 2.73. The summed E-state index contributed by atoms with van der Waals surface area (Å²) in [4.78, 5) is 27.9. The van der Waals surface area contributed by atoms with Crippen molar-refractivity contribution in [3.63, 3.8) is 0 Å². The molecular formula is C25H31ClFN3O5S. The van der Waals surface area contributed by atoms with Gasteiger partial charge >= 0.3 is 0 Å². The lowest BCUT2D eigenvalue weighted by Gasteiger charge is -2.32. The number of carbonyl (C=O) groups is 2. The number of methoxy groups -OCH3 is 1. The molecule has 196 valence electrons. The Morgan fingerprint density at radius 2 is 1.81 bits per heavy atom. The standard InChI is InChI=1S/C25H31ClFN3O5S/c1-17(25(32)28-19-6-4-5-7-19)29(15-18-8-11-21(35-2)12-9-18)24(31)16-30(36(3,33)34)20-10-13-23(27)22(26)14-20/h8-14,17,19H,4-7,15-16H2,1-3H3,(H,28,32). The maximum Gasteiger partial charge on any atom is 0.244 e. The van der Waals surface area contributed by atoms with Crippen molar-refractivity contribution in [2.24, 2.45) is 0 Å². The zero-order valence-corrected chi connectivity index (χ0v) is 22.1. The monoisotopic (exact) mass is 539 g/mol. The number of sulfonamides is 1. The molecular weight excluding hydrogens is 509 g/mol. The van der Waals surface area contributed by atoms with Crippen molar-refractivity contribution < 1.29 is 27.1 Å². The quantitative estimate of drug-likeness (QED) is 0.496. The van der Waals surface area contributed by atoms with Crippen LogP contribution in [0, 0.1) is 5.82 Å². The first-order valence-corrected chi connectivity index (χ1v) is 13.9. The molecule has 0 saturated heterocycles. The van der Waals surface area contributed by atoms with Gasteiger partial charge in [0.2, 0.25) is 21.8 Å². The van der Waals surface area contributed by atoms with Gasteiger partial charge in [0.25, 0.3) is 0 Å². The van der Waals surface area contributed by atoms with Gasteiger partial charge in [-0.3, -0.25) is 13.9 Å². The number of halogens is 2. The Morgan fingerprint density at radius 3 is 2.36 bits per heavy atom. The Kier molecular flexibility index (Phi) is 9.19. The summed E-state index contributed by atoms with van der Waals surface area (Å²) in [6.45, 7) is 1.10. The topological polar surface area (TPSA) is 96.0 Å². The zero-order valence-electron chi connectivity index (χ0n) is 20.5. The summed E-state index contributed by atoms with van der Waals surface area (Å²) in [6.07, 6.45) is 4.80. The summed E-state index contributed by atoms with van der Waals surface area (Å²) in [5.74, 6) is -0.969. The molecule has 1 aliphatic rings. The summed E-state index contributed by atoms with van der Waals surface area (Å²) in [5.41, 5.74) is 0.783. The van der Waals surface area contributed by atoms with E-state index in [9.17, 15) is 22.4 Å². The number of ether oxygens (including phenoxy) is 1. The Morgan fingerprint density at radius 1 is 1.17 bits per heavy atom. The van der Waals surface area contributed by atoms with Crippen molar-refractivity contribution in [1.82, 2.24) is 10.2 Å². The molecule has 36 heavy (non-hydrogen) atoms. The first-order valence-electron chi connectivity index (χ1n) is 11.6. The lowest BCUT2D eigenvalue weighted by molar-refractivity contribution is -0.139. The van der Waals surface area contributed by atoms with Crippen LogP contribution in [0.2, 0.25) is 5.02 Å². The summed E-state index contributed by atoms with van der Waals surface area (Å²) in [7, 11) is -2.39. The van der Waals surface area contributed by atoms with Gasteiger partial charge in [0.15, 0.2) is 0 Å². The second kappa shape index (κ2) is 11.9. The molecule has 0 bridgehead atoms. The predicted octanol–water partition coefficient (Wildman–Crippen LogP) is 3.73. The minimum Gasteiger partial charge on any atom is -0.497 e. The van der Waals surface area contributed by atoms with E-state index in [1.54, 1.807) is 38.3 Å². The van der Waals surface area contributed by atoms with Crippen LogP contribution >= 0.6 is 11.6 Å². The molecule has 1 unspecified atom stereocenters. The predicted molar refractivity (Wildman–Crippen MR) is 137 cm³/mol. The third-order valence-corrected chi connectivity index (χ3v) is 7.68. The summed E-state index contributed by atoms with van der Waals surface area (Å²) in [6, 6.07) is 9.64. The van der Waals surface area contributed by atoms with Crippen LogP contribution in [0.25, 0.3) is 0 Å². The van der Waals surface area contributed by atoms with E-state index in [4.69, 9.17) is 16.3 Å². The van der Waals surface area contributed by atoms with Crippen LogP contribution in [0.1, 0.15) is 38.2 Å². The van der Waals surface area contributed by atoms with Crippen LogP contribution in [0.3, 0.4) is 0 Å². The number of hydrogen-bond acceptors (Lipinski definition) is 5. The number of nitrogens with one attached hydrogen (secondary N) is 1. The fraction of sp³-hybridized carbons (Fsp3) is 0.440. The molecule has 0 heterocycles. The molecule has 1 aliphatic carbocycles. The van der Waals surface area contributed by atoms with E-state index in [0.29, 0.717) is 5.75 Å². The number of benzene rings is 2. The number of rotatable bonds is 10. The van der Waals surface area contributed by atoms with E-state index in [2.05, 4.69) is 5.32 Å². The highest BCUT2D eigenvalue weighted by molar-refractivity contribution is 7.92. The van der Waals surface area contributed by atoms with Crippen LogP contribution in [0.4, 0.5) is 10.1 Å². The average molecular weight is 540 g/mol. The largest absolute Gasteiger partial charge is 0.497 e. The molecule has 3 rings (SSSR count). The van der Waals surface area contributed by atoms with E-state index in [1.807, 2.05) is 0 Å². The average Bonchev–Trinajstić information content (AvgIpc) is 3.35. The molecule has 1 N–H and O–H groups in total. The number of hydrogen-bond donors (Lipinski definition) is 1. The molecule has 2 aromatic rings. The second-order valence-corrected chi connectivity index (χ2v) is 11.2. The van der Waals surface area contributed by atoms with Gasteiger partial charge < -0.3 is 15.0 Å². The highest BCUT2D eigenvalue weighted by Crippen LogP contribution is 2.25. The Hall–Kier alpha value is -2.85. The van der Waals surface area contributed by atoms with Crippen LogP contribution in [0.5, 0.6) is 5.75 Å². The maximum atomic E-state index is 13.7. The number of amides is 2. The molecule has 0 aromatic heterocycles. The van der Waals surface area contributed by atoms with E-state index in [1.165, 1.54) is 11.0 Å². The normalized spacial score (nSPS) is 14.8. The van der Waals surface area contributed by atoms with E-state index < -0.39 is 34.3 Å². The van der Waals surface area contributed by atoms with E-state index in [-0.39, 0.29) is 29.2 Å². The highest BCUT2D eigenvalue weighted by atomic mass is 35.5. The van der Waals surface area contributed by atoms with Crippen molar-refractivity contribution in [2.75, 3.05) is 24.2 Å². The third kappa shape index (κ3) is 7.10. The van der Waals surface area contributed by atoms with Crippen molar-refractivity contribution in [2.45, 2.75) is 51.2 Å². The number of nitrogens with zero attached hydrogens (tertiary/aromatic N) is 2. The lowest BCUT2D eigenvalue weighted by atomic mass is 10.1. The van der Waals surface area contributed by atoms with Crippen molar-refractivity contribution in [3.8, 4) is 5.75 Å². The van der Waals surface area contributed by atoms with Crippen LogP contribution in [-0.4, -0.2) is 57.1 Å². The minimum atomic E-state index is -3.93. The Labute approximate surface area is 216 Å². The van der Waals surface area contributed by atoms with Gasteiger partial charge in [0, 0.05) is 12.6 Å². The van der Waals surface area contributed by atoms with Gasteiger partial charge in [-0.05, 0) is 55.7 Å². The van der Waals surface area contributed by atoms with E-state index in [0.717, 1.165) is 53.9 Å². The Bertz CT molecular complexity index is 1190. The molecule has 11 heteroatoms. The minimum absolute atomic E-state index is 0.0460. The molecule has 2 amide bonds. The highest BCUT2D eigenvalue weighted by Gasteiger charge is 2.31. The van der Waals surface area contributed by atoms with Crippen LogP contribution in [0.15, 0.2) is 42.5 Å². The smallest absolute Gasteiger partial charge is 0.244 e. The van der Waals surface area contributed by atoms with Gasteiger partial charge in [0.1, 0.15) is 24.2 Å². The van der Waals surface area contributed by atoms with Gasteiger partial charge in [-0.25, -0.2) is 12.8 Å². The zero-order chi connectivity index (χ0) is 26.5. The fourth-order valence-electron chi connectivity index (χ4n) is 4.16. The number of anilines is 1. The van der Waals surface area contributed by atoms with Gasteiger partial charge in [-0.15, -0.1) is 0 Å². The van der Waals surface area contributed by atoms with Crippen molar-refractivity contribution >= 4 is 39.1 Å². The molecule has 8 nitrogen and oxygen atoms in total. The van der Waals surface area contributed by atoms with Gasteiger partial charge in [-0.2, -0.15) is 0 Å². The van der Waals surface area contributed by atoms with Crippen molar-refractivity contribution in [1.29, 1.82) is 0 Å². The summed E-state index contributed by atoms with van der Waals surface area (Å²) >= 11 is 5.86. The first kappa shape index (κ1) is 27.7. The molecule has 0 aliphatic heterocycles. The summed E-state index contributed by atoms with van der Waals surface area (Å²) < 4.78 is 44.9. The number of carbonyl (C=O) groups excluding carboxylic acids is 2. The molecule has 1 saturated carbocycles. The van der Waals surface area contributed by atoms with Crippen LogP contribution < -0.4 is 14.4 Å². The second-order valence-electron chi connectivity index (χ2n) is 8.90. The van der Waals surface area contributed by atoms with Crippen molar-refractivity contribution in [3.05, 3.63) is 58.9 Å². The molecule has 2 aromatic carbocycles. The SMILES string of the molecule is COc1ccc(CN(C(=O)CN(c2ccc(F)c(Cl)c2)S(C)(=O)=O)C(C)C(=O)NC2CCCC2)cc1. The lowest BCUT2D eigenvalue weighted by Crippen LogP contribution is -2.52. The van der Waals surface area contributed by atoms with Gasteiger partial charge in [-0.1, -0.05) is 36.6 Å². The molecule has 0 spiro atoms. The van der Waals surface area contributed by atoms with Crippen LogP contribution in [-0.2, 0) is 26.2 Å². The Balaban J connectivity index is 1.88. The van der Waals surface area contributed by atoms with Gasteiger partial charge in [0.05, 0.1) is 24.1 Å². The third-order valence-electron chi connectivity index (χ3n) is 6.25. The maximum absolute atomic E-state index is 13.7.